The topological polar surface area (TPSA) is 86.1 Å². The molecule has 0 atom stereocenters. The number of nitrogens with zero attached hydrogens (tertiary/aromatic N) is 3. The van der Waals surface area contributed by atoms with Gasteiger partial charge in [0.25, 0.3) is 0 Å². The molecule has 29 heavy (non-hydrogen) atoms. The molecule has 0 radical (unpaired) electrons. The van der Waals surface area contributed by atoms with Gasteiger partial charge in [-0.1, -0.05) is 29.5 Å². The van der Waals surface area contributed by atoms with Gasteiger partial charge in [-0.3, -0.25) is 9.36 Å². The van der Waals surface area contributed by atoms with Gasteiger partial charge in [-0.2, -0.15) is 0 Å². The minimum Gasteiger partial charge on any atom is -0.462 e. The fraction of sp³-hybridized carbons (Fsp3) is 0.238. The lowest BCUT2D eigenvalue weighted by Crippen LogP contribution is -2.15. The van der Waals surface area contributed by atoms with Crippen LogP contribution in [-0.2, 0) is 9.53 Å². The summed E-state index contributed by atoms with van der Waals surface area (Å²) in [5.41, 5.74) is 3.18. The third kappa shape index (κ3) is 5.23. The lowest BCUT2D eigenvalue weighted by molar-refractivity contribution is -0.113. The fourth-order valence-corrected chi connectivity index (χ4v) is 3.46. The molecule has 1 aromatic heterocycles. The van der Waals surface area contributed by atoms with Crippen LogP contribution in [0.4, 0.5) is 5.69 Å². The monoisotopic (exact) mass is 410 g/mol. The second-order valence-electron chi connectivity index (χ2n) is 6.34. The number of esters is 1. The van der Waals surface area contributed by atoms with Gasteiger partial charge in [0.15, 0.2) is 5.16 Å². The van der Waals surface area contributed by atoms with E-state index in [4.69, 9.17) is 4.74 Å². The first-order valence-electron chi connectivity index (χ1n) is 9.17. The Kier molecular flexibility index (Phi) is 6.66. The van der Waals surface area contributed by atoms with Crippen molar-refractivity contribution in [3.8, 4) is 5.69 Å². The summed E-state index contributed by atoms with van der Waals surface area (Å²) in [6, 6.07) is 14.6. The minimum atomic E-state index is -0.383. The normalized spacial score (nSPS) is 10.6. The van der Waals surface area contributed by atoms with Crippen LogP contribution in [0.25, 0.3) is 5.69 Å². The second kappa shape index (κ2) is 9.38. The molecule has 150 valence electrons. The second-order valence-corrected chi connectivity index (χ2v) is 7.28. The first-order valence-corrected chi connectivity index (χ1v) is 10.2. The number of amides is 1. The summed E-state index contributed by atoms with van der Waals surface area (Å²) in [6.07, 6.45) is 0. The largest absolute Gasteiger partial charge is 0.462 e. The number of aryl methyl sites for hydroxylation is 2. The molecular formula is C21H22N4O3S. The molecule has 0 saturated heterocycles. The van der Waals surface area contributed by atoms with Crippen LogP contribution in [-0.4, -0.2) is 39.0 Å². The highest BCUT2D eigenvalue weighted by molar-refractivity contribution is 7.99. The maximum Gasteiger partial charge on any atom is 0.338 e. The Morgan fingerprint density at radius 3 is 2.38 bits per heavy atom. The zero-order valence-corrected chi connectivity index (χ0v) is 17.3. The molecule has 0 spiro atoms. The number of hydrogen-bond acceptors (Lipinski definition) is 6. The van der Waals surface area contributed by atoms with Crippen LogP contribution < -0.4 is 5.32 Å². The number of carbonyl (C=O) groups excluding carboxylic acids is 2. The molecular weight excluding hydrogens is 388 g/mol. The zero-order valence-electron chi connectivity index (χ0n) is 16.5. The lowest BCUT2D eigenvalue weighted by atomic mass is 10.2. The summed E-state index contributed by atoms with van der Waals surface area (Å²) in [7, 11) is 0. The van der Waals surface area contributed by atoms with Crippen LogP contribution in [0.5, 0.6) is 0 Å². The molecule has 0 bridgehead atoms. The van der Waals surface area contributed by atoms with Gasteiger partial charge in [0.1, 0.15) is 5.82 Å². The van der Waals surface area contributed by atoms with Gasteiger partial charge in [0, 0.05) is 11.4 Å². The Morgan fingerprint density at radius 1 is 1.03 bits per heavy atom. The van der Waals surface area contributed by atoms with Gasteiger partial charge in [0.2, 0.25) is 5.91 Å². The zero-order chi connectivity index (χ0) is 20.8. The molecule has 1 heterocycles. The number of rotatable bonds is 7. The van der Waals surface area contributed by atoms with Gasteiger partial charge >= 0.3 is 5.97 Å². The highest BCUT2D eigenvalue weighted by Gasteiger charge is 2.14. The van der Waals surface area contributed by atoms with Crippen molar-refractivity contribution < 1.29 is 14.3 Å². The highest BCUT2D eigenvalue weighted by Crippen LogP contribution is 2.22. The Labute approximate surface area is 173 Å². The Hall–Kier alpha value is -3.13. The molecule has 0 fully saturated rings. The summed E-state index contributed by atoms with van der Waals surface area (Å²) in [6.45, 7) is 5.98. The number of aromatic nitrogens is 3. The molecule has 0 saturated carbocycles. The van der Waals surface area contributed by atoms with E-state index in [2.05, 4.69) is 15.5 Å². The average Bonchev–Trinajstić information content (AvgIpc) is 3.08. The van der Waals surface area contributed by atoms with Crippen LogP contribution in [0.3, 0.4) is 0 Å². The van der Waals surface area contributed by atoms with Crippen molar-refractivity contribution in [3.05, 3.63) is 65.5 Å². The molecule has 0 aliphatic carbocycles. The van der Waals surface area contributed by atoms with E-state index in [-0.39, 0.29) is 17.6 Å². The number of anilines is 1. The van der Waals surface area contributed by atoms with E-state index in [1.165, 1.54) is 17.3 Å². The van der Waals surface area contributed by atoms with Crippen molar-refractivity contribution in [2.45, 2.75) is 25.9 Å². The maximum atomic E-state index is 12.3. The molecule has 0 unspecified atom stereocenters. The predicted molar refractivity (Wildman–Crippen MR) is 113 cm³/mol. The van der Waals surface area contributed by atoms with Crippen molar-refractivity contribution in [3.63, 3.8) is 0 Å². The van der Waals surface area contributed by atoms with E-state index in [0.29, 0.717) is 23.0 Å². The number of nitrogens with one attached hydrogen (secondary N) is 1. The molecule has 1 amide bonds. The molecule has 8 heteroatoms. The van der Waals surface area contributed by atoms with Gasteiger partial charge in [-0.15, -0.1) is 10.2 Å². The van der Waals surface area contributed by atoms with Crippen molar-refractivity contribution in [1.82, 2.24) is 14.8 Å². The molecule has 1 N–H and O–H groups in total. The summed E-state index contributed by atoms with van der Waals surface area (Å²) in [4.78, 5) is 24.0. The molecule has 0 aliphatic heterocycles. The van der Waals surface area contributed by atoms with Crippen molar-refractivity contribution >= 4 is 29.3 Å². The van der Waals surface area contributed by atoms with E-state index in [1.54, 1.807) is 31.2 Å². The van der Waals surface area contributed by atoms with E-state index in [0.717, 1.165) is 11.5 Å². The number of hydrogen-bond donors (Lipinski definition) is 1. The number of carbonyl (C=O) groups is 2. The molecule has 0 aliphatic rings. The number of benzene rings is 2. The van der Waals surface area contributed by atoms with Crippen LogP contribution in [0.2, 0.25) is 0 Å². The van der Waals surface area contributed by atoms with E-state index in [9.17, 15) is 9.59 Å². The summed E-state index contributed by atoms with van der Waals surface area (Å²) in [5, 5.41) is 11.8. The standard InChI is InChI=1S/C21H22N4O3S/c1-4-28-20(27)16-7-9-17(10-8-16)22-19(26)13-29-21-24-23-15(3)25(21)18-11-5-14(2)6-12-18/h5-12H,4,13H2,1-3H3,(H,22,26). The Balaban J connectivity index is 1.61. The van der Waals surface area contributed by atoms with E-state index in [1.807, 2.05) is 42.7 Å². The van der Waals surface area contributed by atoms with Crippen molar-refractivity contribution in [2.24, 2.45) is 0 Å². The molecule has 2 aromatic carbocycles. The SMILES string of the molecule is CCOC(=O)c1ccc(NC(=O)CSc2nnc(C)n2-c2ccc(C)cc2)cc1. The fourth-order valence-electron chi connectivity index (χ4n) is 2.66. The maximum absolute atomic E-state index is 12.3. The van der Waals surface area contributed by atoms with Crippen LogP contribution in [0.1, 0.15) is 28.7 Å². The third-order valence-electron chi connectivity index (χ3n) is 4.10. The van der Waals surface area contributed by atoms with Gasteiger partial charge < -0.3 is 10.1 Å². The summed E-state index contributed by atoms with van der Waals surface area (Å²) in [5.74, 6) is 0.386. The van der Waals surface area contributed by atoms with Crippen molar-refractivity contribution in [2.75, 3.05) is 17.7 Å². The minimum absolute atomic E-state index is 0.171. The van der Waals surface area contributed by atoms with Crippen LogP contribution in [0.15, 0.2) is 53.7 Å². The molecule has 7 nitrogen and oxygen atoms in total. The highest BCUT2D eigenvalue weighted by atomic mass is 32.2. The lowest BCUT2D eigenvalue weighted by Gasteiger charge is -2.09. The van der Waals surface area contributed by atoms with Gasteiger partial charge in [0.05, 0.1) is 17.9 Å². The first kappa shape index (κ1) is 20.6. The number of ether oxygens (including phenoxy) is 1. The van der Waals surface area contributed by atoms with E-state index >= 15 is 0 Å². The molecule has 3 rings (SSSR count). The summed E-state index contributed by atoms with van der Waals surface area (Å²) < 4.78 is 6.87. The summed E-state index contributed by atoms with van der Waals surface area (Å²) >= 11 is 1.31. The van der Waals surface area contributed by atoms with Crippen LogP contribution >= 0.6 is 11.8 Å². The third-order valence-corrected chi connectivity index (χ3v) is 5.03. The smallest absolute Gasteiger partial charge is 0.338 e. The van der Waals surface area contributed by atoms with Gasteiger partial charge in [-0.25, -0.2) is 4.79 Å². The van der Waals surface area contributed by atoms with Crippen molar-refractivity contribution in [1.29, 1.82) is 0 Å². The Bertz CT molecular complexity index is 998. The Morgan fingerprint density at radius 2 is 1.72 bits per heavy atom. The van der Waals surface area contributed by atoms with E-state index < -0.39 is 0 Å². The quantitative estimate of drug-likeness (QED) is 0.471. The number of thioether (sulfide) groups is 1. The van der Waals surface area contributed by atoms with Gasteiger partial charge in [-0.05, 0) is 57.2 Å². The first-order chi connectivity index (χ1) is 14.0. The molecule has 3 aromatic rings. The van der Waals surface area contributed by atoms with Crippen LogP contribution in [0, 0.1) is 13.8 Å². The predicted octanol–water partition coefficient (Wildman–Crippen LogP) is 3.79. The average molecular weight is 410 g/mol.